The molecule has 1 atom stereocenters. The van der Waals surface area contributed by atoms with Gasteiger partial charge in [-0.05, 0) is 13.0 Å². The summed E-state index contributed by atoms with van der Waals surface area (Å²) < 4.78 is 1.64. The van der Waals surface area contributed by atoms with E-state index in [9.17, 15) is 4.79 Å². The van der Waals surface area contributed by atoms with Crippen molar-refractivity contribution in [1.29, 1.82) is 0 Å². The molecule has 2 aromatic rings. The number of anilines is 1. The van der Waals surface area contributed by atoms with E-state index >= 15 is 0 Å². The zero-order valence-corrected chi connectivity index (χ0v) is 10.5. The van der Waals surface area contributed by atoms with Crippen molar-refractivity contribution in [2.45, 2.75) is 26.1 Å². The molecule has 0 spiro atoms. The summed E-state index contributed by atoms with van der Waals surface area (Å²) in [4.78, 5) is 22.2. The van der Waals surface area contributed by atoms with Gasteiger partial charge in [0.2, 0.25) is 11.9 Å². The molecule has 0 radical (unpaired) electrons. The van der Waals surface area contributed by atoms with E-state index in [0.29, 0.717) is 13.1 Å². The molecule has 19 heavy (non-hydrogen) atoms. The fourth-order valence-corrected chi connectivity index (χ4v) is 2.21. The van der Waals surface area contributed by atoms with E-state index in [-0.39, 0.29) is 17.9 Å². The molecule has 0 saturated heterocycles. The lowest BCUT2D eigenvalue weighted by atomic mass is 10.3. The molecule has 7 heteroatoms. The van der Waals surface area contributed by atoms with Crippen molar-refractivity contribution < 1.29 is 4.79 Å². The van der Waals surface area contributed by atoms with Gasteiger partial charge in [0.1, 0.15) is 6.04 Å². The maximum Gasteiger partial charge on any atom is 0.247 e. The van der Waals surface area contributed by atoms with Gasteiger partial charge in [0, 0.05) is 30.7 Å². The highest BCUT2D eigenvalue weighted by molar-refractivity contribution is 5.80. The minimum atomic E-state index is -0.324. The molecule has 0 aliphatic carbocycles. The molecule has 7 nitrogen and oxygen atoms in total. The number of carbonyl (C=O) groups excluding carboxylic acids is 1. The van der Waals surface area contributed by atoms with Gasteiger partial charge < -0.3 is 10.6 Å². The summed E-state index contributed by atoms with van der Waals surface area (Å²) in [6.07, 6.45) is 5.13. The number of hydrogen-bond acceptors (Lipinski definition) is 5. The van der Waals surface area contributed by atoms with Crippen LogP contribution in [-0.4, -0.2) is 30.6 Å². The van der Waals surface area contributed by atoms with Crippen LogP contribution in [0.5, 0.6) is 0 Å². The Bertz CT molecular complexity index is 609. The van der Waals surface area contributed by atoms with Crippen LogP contribution in [0.1, 0.15) is 24.2 Å². The van der Waals surface area contributed by atoms with Crippen LogP contribution >= 0.6 is 0 Å². The normalized spacial score (nSPS) is 15.3. The molecule has 2 aromatic heterocycles. The van der Waals surface area contributed by atoms with Crippen LogP contribution in [-0.2, 0) is 17.9 Å². The summed E-state index contributed by atoms with van der Waals surface area (Å²) in [6.45, 7) is 2.84. The molecule has 1 aliphatic heterocycles. The third kappa shape index (κ3) is 2.03. The monoisotopic (exact) mass is 258 g/mol. The largest absolute Gasteiger partial charge is 0.368 e. The molecule has 0 saturated carbocycles. The van der Waals surface area contributed by atoms with Crippen molar-refractivity contribution >= 4 is 11.9 Å². The molecule has 0 aromatic carbocycles. The highest BCUT2D eigenvalue weighted by Gasteiger charge is 2.29. The fraction of sp³-hybridized carbons (Fsp3) is 0.333. The first kappa shape index (κ1) is 11.6. The molecule has 2 N–H and O–H groups in total. The van der Waals surface area contributed by atoms with Crippen molar-refractivity contribution in [2.24, 2.45) is 0 Å². The topological polar surface area (TPSA) is 89.9 Å². The molecule has 1 amide bonds. The summed E-state index contributed by atoms with van der Waals surface area (Å²) in [5.41, 5.74) is 7.33. The maximum absolute atomic E-state index is 12.4. The van der Waals surface area contributed by atoms with Crippen molar-refractivity contribution in [1.82, 2.24) is 24.6 Å². The standard InChI is InChI=1S/C12H14N6O/c1-8(18-4-2-3-15-18)11(19)17-6-9-5-14-12(13)16-10(9)7-17/h2-5,8H,6-7H2,1H3,(H2,13,14,16). The number of hydrogen-bond donors (Lipinski definition) is 1. The van der Waals surface area contributed by atoms with Crippen LogP contribution in [0, 0.1) is 0 Å². The Morgan fingerprint density at radius 2 is 2.32 bits per heavy atom. The second-order valence-corrected chi connectivity index (χ2v) is 4.56. The minimum Gasteiger partial charge on any atom is -0.368 e. The summed E-state index contributed by atoms with van der Waals surface area (Å²) in [6, 6.07) is 1.48. The highest BCUT2D eigenvalue weighted by atomic mass is 16.2. The van der Waals surface area contributed by atoms with E-state index in [1.807, 2.05) is 6.92 Å². The van der Waals surface area contributed by atoms with Crippen molar-refractivity contribution in [3.05, 3.63) is 35.9 Å². The molecular weight excluding hydrogens is 244 g/mol. The van der Waals surface area contributed by atoms with Crippen molar-refractivity contribution in [2.75, 3.05) is 5.73 Å². The van der Waals surface area contributed by atoms with Gasteiger partial charge in [-0.2, -0.15) is 5.10 Å². The molecule has 98 valence electrons. The second kappa shape index (κ2) is 4.34. The van der Waals surface area contributed by atoms with Gasteiger partial charge in [-0.25, -0.2) is 9.97 Å². The van der Waals surface area contributed by atoms with Gasteiger partial charge in [-0.1, -0.05) is 0 Å². The fourth-order valence-electron chi connectivity index (χ4n) is 2.21. The molecule has 1 aliphatic rings. The van der Waals surface area contributed by atoms with Gasteiger partial charge in [0.05, 0.1) is 12.2 Å². The lowest BCUT2D eigenvalue weighted by Crippen LogP contribution is -2.32. The van der Waals surface area contributed by atoms with Crippen LogP contribution in [0.2, 0.25) is 0 Å². The molecular formula is C12H14N6O. The van der Waals surface area contributed by atoms with E-state index in [1.165, 1.54) is 0 Å². The van der Waals surface area contributed by atoms with Crippen LogP contribution in [0.25, 0.3) is 0 Å². The lowest BCUT2D eigenvalue weighted by Gasteiger charge is -2.20. The number of aromatic nitrogens is 4. The predicted octanol–water partition coefficient (Wildman–Crippen LogP) is 0.359. The van der Waals surface area contributed by atoms with E-state index in [4.69, 9.17) is 5.73 Å². The first-order chi connectivity index (χ1) is 9.15. The molecule has 0 bridgehead atoms. The number of fused-ring (bicyclic) bond motifs is 1. The molecule has 3 rings (SSSR count). The zero-order chi connectivity index (χ0) is 13.4. The number of rotatable bonds is 2. The SMILES string of the molecule is CC(C(=O)N1Cc2cnc(N)nc2C1)n1cccn1. The third-order valence-corrected chi connectivity index (χ3v) is 3.27. The summed E-state index contributed by atoms with van der Waals surface area (Å²) in [5.74, 6) is 0.258. The van der Waals surface area contributed by atoms with Crippen LogP contribution in [0.15, 0.2) is 24.7 Å². The zero-order valence-electron chi connectivity index (χ0n) is 10.5. The number of nitrogens with zero attached hydrogens (tertiary/aromatic N) is 5. The number of nitrogens with two attached hydrogens (primary N) is 1. The Kier molecular flexibility index (Phi) is 2.66. The van der Waals surface area contributed by atoms with Gasteiger partial charge in [-0.3, -0.25) is 9.48 Å². The van der Waals surface area contributed by atoms with Crippen LogP contribution in [0.3, 0.4) is 0 Å². The summed E-state index contributed by atoms with van der Waals surface area (Å²) in [5, 5.41) is 4.09. The quantitative estimate of drug-likeness (QED) is 0.839. The van der Waals surface area contributed by atoms with Crippen LogP contribution in [0.4, 0.5) is 5.95 Å². The Morgan fingerprint density at radius 3 is 3.05 bits per heavy atom. The summed E-state index contributed by atoms with van der Waals surface area (Å²) >= 11 is 0. The van der Waals surface area contributed by atoms with Gasteiger partial charge in [0.15, 0.2) is 0 Å². The van der Waals surface area contributed by atoms with E-state index in [0.717, 1.165) is 11.3 Å². The Labute approximate surface area is 110 Å². The first-order valence-electron chi connectivity index (χ1n) is 6.03. The Morgan fingerprint density at radius 1 is 1.47 bits per heavy atom. The lowest BCUT2D eigenvalue weighted by molar-refractivity contribution is -0.135. The van der Waals surface area contributed by atoms with Crippen molar-refractivity contribution in [3.63, 3.8) is 0 Å². The average molecular weight is 258 g/mol. The molecule has 3 heterocycles. The van der Waals surface area contributed by atoms with E-state index < -0.39 is 0 Å². The molecule has 0 fully saturated rings. The molecule has 1 unspecified atom stereocenters. The van der Waals surface area contributed by atoms with Gasteiger partial charge in [-0.15, -0.1) is 0 Å². The summed E-state index contributed by atoms with van der Waals surface area (Å²) in [7, 11) is 0. The Hall–Kier alpha value is -2.44. The minimum absolute atomic E-state index is 0.0141. The van der Waals surface area contributed by atoms with E-state index in [1.54, 1.807) is 34.2 Å². The van der Waals surface area contributed by atoms with Gasteiger partial charge in [0.25, 0.3) is 0 Å². The maximum atomic E-state index is 12.4. The van der Waals surface area contributed by atoms with E-state index in [2.05, 4.69) is 15.1 Å². The number of carbonyl (C=O) groups is 1. The second-order valence-electron chi connectivity index (χ2n) is 4.56. The predicted molar refractivity (Wildman–Crippen MR) is 67.6 cm³/mol. The Balaban J connectivity index is 1.77. The highest BCUT2D eigenvalue weighted by Crippen LogP contribution is 2.23. The first-order valence-corrected chi connectivity index (χ1v) is 6.03. The number of nitrogen functional groups attached to an aromatic ring is 1. The average Bonchev–Trinajstić information content (AvgIpc) is 3.05. The van der Waals surface area contributed by atoms with Gasteiger partial charge >= 0.3 is 0 Å². The number of amides is 1. The van der Waals surface area contributed by atoms with Crippen LogP contribution < -0.4 is 5.73 Å². The third-order valence-electron chi connectivity index (χ3n) is 3.27. The smallest absolute Gasteiger partial charge is 0.247 e. The van der Waals surface area contributed by atoms with Crippen molar-refractivity contribution in [3.8, 4) is 0 Å².